The molecule has 0 amide bonds. The Hall–Kier alpha value is -0.644. The minimum absolute atomic E-state index is 0.936. The number of hydrogen-bond donors (Lipinski definition) is 0. The van der Waals surface area contributed by atoms with Gasteiger partial charge < -0.3 is 4.55 Å². The van der Waals surface area contributed by atoms with Crippen molar-refractivity contribution in [1.29, 1.82) is 0 Å². The van der Waals surface area contributed by atoms with Crippen LogP contribution in [0.5, 0.6) is 0 Å². The number of alkyl halides is 3. The molecule has 2 aromatic rings. The van der Waals surface area contributed by atoms with E-state index in [0.29, 0.717) is 0 Å². The molecule has 11 heteroatoms. The summed E-state index contributed by atoms with van der Waals surface area (Å²) in [5.41, 5.74) is -2.43. The van der Waals surface area contributed by atoms with Gasteiger partial charge in [0.05, 0.1) is 0 Å². The third-order valence-corrected chi connectivity index (χ3v) is 33.6. The zero-order chi connectivity index (χ0) is 21.7. The molecule has 0 radical (unpaired) electrons. The second-order valence-electron chi connectivity index (χ2n) is 7.61. The van der Waals surface area contributed by atoms with Crippen LogP contribution in [0.25, 0.3) is 0 Å². The van der Waals surface area contributed by atoms with Gasteiger partial charge in [-0.25, -0.2) is 8.42 Å². The summed E-state index contributed by atoms with van der Waals surface area (Å²) < 4.78 is 69.3. The van der Waals surface area contributed by atoms with Gasteiger partial charge in [-0.3, -0.25) is 0 Å². The first-order chi connectivity index (χ1) is 13.2. The fourth-order valence-corrected chi connectivity index (χ4v) is 45.2. The van der Waals surface area contributed by atoms with Crippen molar-refractivity contribution in [2.45, 2.75) is 35.8 Å². The van der Waals surface area contributed by atoms with Crippen molar-refractivity contribution < 1.29 is 29.7 Å². The van der Waals surface area contributed by atoms with Crippen molar-refractivity contribution in [3.05, 3.63) is 59.7 Å². The molecule has 0 fully saturated rings. The molecule has 0 spiro atoms. The Kier molecular flexibility index (Phi) is 6.19. The SMILES string of the molecule is C[Si](C)(C)O[Se]12Cc3ccccc3[Se+]1c1ccccc1C2.O=S(=O)([O-])C(F)(F)F. The van der Waals surface area contributed by atoms with Crippen LogP contribution in [0.4, 0.5) is 13.2 Å². The summed E-state index contributed by atoms with van der Waals surface area (Å²) in [6, 6.07) is 18.4. The average Bonchev–Trinajstić information content (AvgIpc) is 3.01. The third-order valence-electron chi connectivity index (χ3n) is 4.08. The topological polar surface area (TPSA) is 66.4 Å². The molecule has 2 aromatic carbocycles. The number of rotatable bonds is 2. The van der Waals surface area contributed by atoms with Gasteiger partial charge in [-0.1, -0.05) is 0 Å². The molecule has 0 saturated carbocycles. The maximum atomic E-state index is 10.7. The Balaban J connectivity index is 0.000000258. The van der Waals surface area contributed by atoms with E-state index in [-0.39, 0.29) is 0 Å². The van der Waals surface area contributed by atoms with Gasteiger partial charge in [0.25, 0.3) is 0 Å². The van der Waals surface area contributed by atoms with Crippen molar-refractivity contribution >= 4 is 50.8 Å². The zero-order valence-electron chi connectivity index (χ0n) is 16.0. The molecule has 0 aromatic heterocycles. The van der Waals surface area contributed by atoms with E-state index in [1.54, 1.807) is 20.1 Å². The van der Waals surface area contributed by atoms with Crippen LogP contribution in [0.1, 0.15) is 11.1 Å². The Labute approximate surface area is 175 Å². The Morgan fingerprint density at radius 1 is 0.966 bits per heavy atom. The Morgan fingerprint density at radius 2 is 1.34 bits per heavy atom. The summed E-state index contributed by atoms with van der Waals surface area (Å²) in [6.45, 7) is 7.11. The second kappa shape index (κ2) is 7.80. The van der Waals surface area contributed by atoms with E-state index in [1.807, 2.05) is 0 Å². The van der Waals surface area contributed by atoms with Gasteiger partial charge in [0, 0.05) is 0 Å². The van der Waals surface area contributed by atoms with Gasteiger partial charge in [0.2, 0.25) is 0 Å². The molecule has 0 saturated heterocycles. The van der Waals surface area contributed by atoms with E-state index >= 15 is 0 Å². The first-order valence-corrected chi connectivity index (χ1v) is 22.6. The summed E-state index contributed by atoms with van der Waals surface area (Å²) in [7, 11) is -7.59. The molecular formula is C18H21F3O4SSe2Si. The minimum Gasteiger partial charge on any atom is -0.741 e. The predicted octanol–water partition coefficient (Wildman–Crippen LogP) is 2.41. The first-order valence-electron chi connectivity index (χ1n) is 8.66. The number of hydrogen-bond acceptors (Lipinski definition) is 4. The molecule has 29 heavy (non-hydrogen) atoms. The van der Waals surface area contributed by atoms with Gasteiger partial charge >= 0.3 is 140 Å². The van der Waals surface area contributed by atoms with Crippen molar-refractivity contribution in [1.82, 2.24) is 0 Å². The molecule has 0 unspecified atom stereocenters. The quantitative estimate of drug-likeness (QED) is 0.313. The van der Waals surface area contributed by atoms with E-state index < -0.39 is 47.4 Å². The molecule has 0 N–H and O–H groups in total. The molecular weight excluding hydrogens is 555 g/mol. The molecule has 0 aliphatic carbocycles. The van der Waals surface area contributed by atoms with Gasteiger partial charge in [-0.05, 0) is 0 Å². The standard InChI is InChI=1S/C17H21OSe2Si.CHF3O3S/c1-21(2,3)18-20-12-14-8-4-6-10-16(14)19(20)17-11-7-5-9-15(17)13-20;2-1(3,4)8(5,6)7/h4-11H,12-13H2,1-3H3;(H,5,6,7)/q+1;/p-1. The van der Waals surface area contributed by atoms with E-state index in [9.17, 15) is 13.2 Å². The largest absolute Gasteiger partial charge is 0.741 e. The van der Waals surface area contributed by atoms with Crippen molar-refractivity contribution in [2.75, 3.05) is 0 Å². The molecule has 160 valence electrons. The fourth-order valence-electron chi connectivity index (χ4n) is 3.24. The normalized spacial score (nSPS) is 25.1. The van der Waals surface area contributed by atoms with E-state index in [4.69, 9.17) is 16.5 Å². The third kappa shape index (κ3) is 4.83. The van der Waals surface area contributed by atoms with Crippen LogP contribution in [0.15, 0.2) is 48.5 Å². The van der Waals surface area contributed by atoms with Crippen LogP contribution in [-0.2, 0) is 24.3 Å². The van der Waals surface area contributed by atoms with Crippen molar-refractivity contribution in [3.8, 4) is 0 Å². The van der Waals surface area contributed by atoms with E-state index in [0.717, 1.165) is 0 Å². The zero-order valence-corrected chi connectivity index (χ0v) is 21.3. The number of fused-ring (bicyclic) bond motifs is 5. The smallest absolute Gasteiger partial charge is 0.485 e. The monoisotopic (exact) mass is 578 g/mol. The van der Waals surface area contributed by atoms with Crippen LogP contribution in [0.2, 0.25) is 19.6 Å². The van der Waals surface area contributed by atoms with Crippen LogP contribution in [0.3, 0.4) is 0 Å². The van der Waals surface area contributed by atoms with E-state index in [1.165, 1.54) is 10.6 Å². The summed E-state index contributed by atoms with van der Waals surface area (Å²) in [5.74, 6) is 0. The van der Waals surface area contributed by atoms with Gasteiger partial charge in [0.1, 0.15) is 0 Å². The number of benzene rings is 2. The summed E-state index contributed by atoms with van der Waals surface area (Å²) in [4.78, 5) is 0. The summed E-state index contributed by atoms with van der Waals surface area (Å²) >= 11 is -2.81. The fraction of sp³-hybridized carbons (Fsp3) is 0.333. The molecule has 0 bridgehead atoms. The maximum absolute atomic E-state index is 10.7. The molecule has 2 heterocycles. The van der Waals surface area contributed by atoms with Crippen molar-refractivity contribution in [3.63, 3.8) is 0 Å². The van der Waals surface area contributed by atoms with Crippen LogP contribution >= 0.6 is 0 Å². The molecule has 4 nitrogen and oxygen atoms in total. The average molecular weight is 576 g/mol. The Bertz CT molecular complexity index is 973. The summed E-state index contributed by atoms with van der Waals surface area (Å²) in [5, 5.41) is 2.55. The maximum Gasteiger partial charge on any atom is 0.485 e. The van der Waals surface area contributed by atoms with Crippen LogP contribution in [0, 0.1) is 0 Å². The predicted molar refractivity (Wildman–Crippen MR) is 111 cm³/mol. The van der Waals surface area contributed by atoms with Crippen LogP contribution < -0.4 is 8.92 Å². The molecule has 2 aliphatic rings. The molecule has 0 atom stereocenters. The molecule has 2 aliphatic heterocycles. The number of halogens is 3. The molecule has 4 rings (SSSR count). The second-order valence-corrected chi connectivity index (χ2v) is 32.0. The van der Waals surface area contributed by atoms with E-state index in [2.05, 4.69) is 68.2 Å². The van der Waals surface area contributed by atoms with Crippen LogP contribution in [-0.4, -0.2) is 50.2 Å². The Morgan fingerprint density at radius 3 is 1.69 bits per heavy atom. The van der Waals surface area contributed by atoms with Gasteiger partial charge in [-0.15, -0.1) is 0 Å². The van der Waals surface area contributed by atoms with Gasteiger partial charge in [0.15, 0.2) is 10.1 Å². The minimum atomic E-state index is -6.09. The van der Waals surface area contributed by atoms with Crippen molar-refractivity contribution in [2.24, 2.45) is 0 Å². The van der Waals surface area contributed by atoms with Gasteiger partial charge in [-0.2, -0.15) is 13.2 Å². The summed E-state index contributed by atoms with van der Waals surface area (Å²) in [6.07, 6.45) is 0. The first kappa shape index (κ1) is 23.0.